The maximum Gasteiger partial charge on any atom is 0.241 e. The Bertz CT molecular complexity index is 646. The molecule has 0 unspecified atom stereocenters. The predicted octanol–water partition coefficient (Wildman–Crippen LogP) is 3.18. The number of rotatable bonds is 2. The molecule has 1 N–H and O–H groups in total. The first-order valence-electron chi connectivity index (χ1n) is 6.38. The number of hydrogen-bond donors (Lipinski definition) is 1. The van der Waals surface area contributed by atoms with Crippen LogP contribution in [0.15, 0.2) is 48.5 Å². The second kappa shape index (κ2) is 4.92. The van der Waals surface area contributed by atoms with E-state index in [1.807, 2.05) is 30.3 Å². The molecule has 0 fully saturated rings. The van der Waals surface area contributed by atoms with Gasteiger partial charge in [0.1, 0.15) is 11.9 Å². The molecule has 0 spiro atoms. The molecule has 0 saturated heterocycles. The first-order chi connectivity index (χ1) is 9.65. The lowest BCUT2D eigenvalue weighted by Crippen LogP contribution is -2.38. The Morgan fingerprint density at radius 2 is 1.95 bits per heavy atom. The number of nitrogens with zero attached hydrogens (tertiary/aromatic N) is 1. The minimum absolute atomic E-state index is 0.229. The topological polar surface area (TPSA) is 55.2 Å². The van der Waals surface area contributed by atoms with E-state index in [1.54, 1.807) is 6.07 Å². The molecule has 20 heavy (non-hydrogen) atoms. The summed E-state index contributed by atoms with van der Waals surface area (Å²) < 4.78 is 13.2. The Morgan fingerprint density at radius 3 is 2.65 bits per heavy atom. The third-order valence-electron chi connectivity index (χ3n) is 3.62. The van der Waals surface area contributed by atoms with Crippen LogP contribution in [0.2, 0.25) is 0 Å². The zero-order chi connectivity index (χ0) is 14.1. The van der Waals surface area contributed by atoms with Gasteiger partial charge in [-0.3, -0.25) is 10.1 Å². The molecule has 0 aromatic heterocycles. The first-order valence-corrected chi connectivity index (χ1v) is 6.38. The summed E-state index contributed by atoms with van der Waals surface area (Å²) in [6.45, 7) is 0. The Morgan fingerprint density at radius 1 is 1.20 bits per heavy atom. The average Bonchev–Trinajstić information content (AvgIpc) is 2.46. The van der Waals surface area contributed by atoms with Gasteiger partial charge in [-0.2, -0.15) is 0 Å². The molecule has 0 saturated carbocycles. The van der Waals surface area contributed by atoms with Crippen LogP contribution in [-0.2, 0) is 6.42 Å². The van der Waals surface area contributed by atoms with Gasteiger partial charge >= 0.3 is 0 Å². The lowest BCUT2D eigenvalue weighted by Gasteiger charge is -2.29. The summed E-state index contributed by atoms with van der Waals surface area (Å²) in [7, 11) is 0. The molecule has 0 aliphatic carbocycles. The van der Waals surface area contributed by atoms with Crippen molar-refractivity contribution in [2.24, 2.45) is 0 Å². The van der Waals surface area contributed by atoms with Crippen molar-refractivity contribution < 1.29 is 9.31 Å². The van der Waals surface area contributed by atoms with E-state index in [9.17, 15) is 14.5 Å². The van der Waals surface area contributed by atoms with Crippen LogP contribution in [0, 0.1) is 15.9 Å². The lowest BCUT2D eigenvalue weighted by molar-refractivity contribution is -0.525. The molecule has 0 bridgehead atoms. The maximum atomic E-state index is 13.2. The van der Waals surface area contributed by atoms with E-state index < -0.39 is 12.1 Å². The molecule has 4 nitrogen and oxygen atoms in total. The molecule has 1 aliphatic heterocycles. The summed E-state index contributed by atoms with van der Waals surface area (Å²) in [5.74, 6) is -0.370. The monoisotopic (exact) mass is 272 g/mol. The third-order valence-corrected chi connectivity index (χ3v) is 3.62. The maximum absolute atomic E-state index is 13.2. The largest absolute Gasteiger partial charge is 0.372 e. The van der Waals surface area contributed by atoms with Crippen LogP contribution in [-0.4, -0.2) is 11.0 Å². The van der Waals surface area contributed by atoms with E-state index in [-0.39, 0.29) is 17.2 Å². The summed E-state index contributed by atoms with van der Waals surface area (Å²) in [5, 5.41) is 14.5. The van der Waals surface area contributed by atoms with Crippen LogP contribution < -0.4 is 5.32 Å². The highest BCUT2D eigenvalue weighted by atomic mass is 19.1. The van der Waals surface area contributed by atoms with Crippen molar-refractivity contribution in [1.29, 1.82) is 0 Å². The molecule has 3 rings (SSSR count). The number of hydrogen-bond acceptors (Lipinski definition) is 3. The van der Waals surface area contributed by atoms with Gasteiger partial charge in [0, 0.05) is 17.0 Å². The van der Waals surface area contributed by atoms with Gasteiger partial charge in [-0.1, -0.05) is 30.3 Å². The van der Waals surface area contributed by atoms with Gasteiger partial charge in [-0.15, -0.1) is 0 Å². The molecule has 2 atom stereocenters. The Kier molecular flexibility index (Phi) is 3.10. The fourth-order valence-corrected chi connectivity index (χ4v) is 2.64. The van der Waals surface area contributed by atoms with E-state index in [2.05, 4.69) is 5.32 Å². The zero-order valence-electron chi connectivity index (χ0n) is 10.6. The molecular weight excluding hydrogens is 259 g/mol. The summed E-state index contributed by atoms with van der Waals surface area (Å²) in [6, 6.07) is 12.5. The van der Waals surface area contributed by atoms with Crippen LogP contribution in [0.1, 0.15) is 17.2 Å². The summed E-state index contributed by atoms with van der Waals surface area (Å²) >= 11 is 0. The fourth-order valence-electron chi connectivity index (χ4n) is 2.64. The number of anilines is 1. The predicted molar refractivity (Wildman–Crippen MR) is 73.7 cm³/mol. The van der Waals surface area contributed by atoms with Gasteiger partial charge in [0.15, 0.2) is 0 Å². The normalized spacial score (nSPS) is 20.9. The van der Waals surface area contributed by atoms with Gasteiger partial charge in [-0.25, -0.2) is 4.39 Å². The number of fused-ring (bicyclic) bond motifs is 1. The third kappa shape index (κ3) is 2.22. The molecule has 1 heterocycles. The molecule has 1 aliphatic rings. The molecular formula is C15H13FN2O2. The number of nitrogens with one attached hydrogen (secondary N) is 1. The van der Waals surface area contributed by atoms with Crippen molar-refractivity contribution in [3.05, 3.63) is 75.6 Å². The molecule has 5 heteroatoms. The molecule has 2 aromatic carbocycles. The highest BCUT2D eigenvalue weighted by Crippen LogP contribution is 2.34. The van der Waals surface area contributed by atoms with Gasteiger partial charge in [0.05, 0.1) is 0 Å². The number of halogens is 1. The van der Waals surface area contributed by atoms with Crippen LogP contribution >= 0.6 is 0 Å². The first kappa shape index (κ1) is 12.6. The minimum Gasteiger partial charge on any atom is -0.372 e. The van der Waals surface area contributed by atoms with Crippen molar-refractivity contribution in [2.75, 3.05) is 5.32 Å². The van der Waals surface area contributed by atoms with E-state index >= 15 is 0 Å². The summed E-state index contributed by atoms with van der Waals surface area (Å²) in [4.78, 5) is 11.0. The standard InChI is InChI=1S/C15H13FN2O2/c16-12-6-7-13-11(8-12)9-14(18(19)20)15(17-13)10-4-2-1-3-5-10/h1-8,14-15,17H,9H2/t14-,15-/m0/s1. The zero-order valence-corrected chi connectivity index (χ0v) is 10.6. The molecule has 0 amide bonds. The SMILES string of the molecule is O=[N+]([O-])[C@H]1Cc2cc(F)ccc2N[C@H]1c1ccccc1. The van der Waals surface area contributed by atoms with Crippen molar-refractivity contribution in [2.45, 2.75) is 18.5 Å². The Hall–Kier alpha value is -2.43. The van der Waals surface area contributed by atoms with Crippen molar-refractivity contribution >= 4 is 5.69 Å². The van der Waals surface area contributed by atoms with Gasteiger partial charge in [0.25, 0.3) is 0 Å². The van der Waals surface area contributed by atoms with Crippen LogP contribution in [0.3, 0.4) is 0 Å². The van der Waals surface area contributed by atoms with Crippen molar-refractivity contribution in [3.8, 4) is 0 Å². The molecule has 2 aromatic rings. The van der Waals surface area contributed by atoms with Crippen molar-refractivity contribution in [1.82, 2.24) is 0 Å². The molecule has 102 valence electrons. The van der Waals surface area contributed by atoms with Crippen LogP contribution in [0.5, 0.6) is 0 Å². The van der Waals surface area contributed by atoms with Crippen LogP contribution in [0.25, 0.3) is 0 Å². The second-order valence-electron chi connectivity index (χ2n) is 4.89. The lowest BCUT2D eigenvalue weighted by atomic mass is 9.89. The van der Waals surface area contributed by atoms with Gasteiger partial charge in [-0.05, 0) is 29.3 Å². The average molecular weight is 272 g/mol. The minimum atomic E-state index is -0.799. The van der Waals surface area contributed by atoms with E-state index in [0.29, 0.717) is 5.56 Å². The molecule has 0 radical (unpaired) electrons. The van der Waals surface area contributed by atoms with E-state index in [0.717, 1.165) is 11.3 Å². The highest BCUT2D eigenvalue weighted by molar-refractivity contribution is 5.56. The van der Waals surface area contributed by atoms with Gasteiger partial charge < -0.3 is 5.32 Å². The Balaban J connectivity index is 2.02. The number of benzene rings is 2. The van der Waals surface area contributed by atoms with E-state index in [1.165, 1.54) is 12.1 Å². The highest BCUT2D eigenvalue weighted by Gasteiger charge is 2.37. The smallest absolute Gasteiger partial charge is 0.241 e. The second-order valence-corrected chi connectivity index (χ2v) is 4.89. The Labute approximate surface area is 115 Å². The fraction of sp³-hybridized carbons (Fsp3) is 0.200. The van der Waals surface area contributed by atoms with Crippen LogP contribution in [0.4, 0.5) is 10.1 Å². The summed E-state index contributed by atoms with van der Waals surface area (Å²) in [5.41, 5.74) is 2.28. The van der Waals surface area contributed by atoms with Gasteiger partial charge in [0.2, 0.25) is 6.04 Å². The number of nitro groups is 1. The van der Waals surface area contributed by atoms with E-state index in [4.69, 9.17) is 0 Å². The quantitative estimate of drug-likeness (QED) is 0.674. The summed E-state index contributed by atoms with van der Waals surface area (Å²) in [6.07, 6.45) is 0.229. The van der Waals surface area contributed by atoms with Crippen molar-refractivity contribution in [3.63, 3.8) is 0 Å².